The van der Waals surface area contributed by atoms with Crippen molar-refractivity contribution in [3.05, 3.63) is 23.3 Å². The van der Waals surface area contributed by atoms with Crippen LogP contribution < -0.4 is 0 Å². The van der Waals surface area contributed by atoms with Crippen LogP contribution >= 0.6 is 0 Å². The second kappa shape index (κ2) is 3.14. The Morgan fingerprint density at radius 2 is 2.23 bits per heavy atom. The van der Waals surface area contributed by atoms with Gasteiger partial charge in [0.1, 0.15) is 6.07 Å². The fourth-order valence-corrected chi connectivity index (χ4v) is 1.56. The Morgan fingerprint density at radius 3 is 2.77 bits per heavy atom. The molecule has 3 heteroatoms. The highest BCUT2D eigenvalue weighted by Crippen LogP contribution is 2.35. The zero-order valence-corrected chi connectivity index (χ0v) is 7.62. The molecule has 0 aliphatic heterocycles. The van der Waals surface area contributed by atoms with E-state index in [1.165, 1.54) is 19.3 Å². The molecule has 0 N–H and O–H groups in total. The lowest BCUT2D eigenvalue weighted by atomic mass is 9.82. The van der Waals surface area contributed by atoms with Crippen molar-refractivity contribution in [2.75, 3.05) is 0 Å². The minimum absolute atomic E-state index is 0.307. The average Bonchev–Trinajstić information content (AvgIpc) is 2.00. The zero-order valence-electron chi connectivity index (χ0n) is 7.62. The molecule has 1 fully saturated rings. The molecule has 1 heterocycles. The molecule has 1 aliphatic carbocycles. The van der Waals surface area contributed by atoms with Gasteiger partial charge in [0, 0.05) is 17.3 Å². The molecular formula is C10H11N3. The van der Waals surface area contributed by atoms with E-state index in [0.717, 1.165) is 11.4 Å². The number of hydrogen-bond donors (Lipinski definition) is 0. The van der Waals surface area contributed by atoms with E-state index in [9.17, 15) is 0 Å². The Labute approximate surface area is 77.4 Å². The number of rotatable bonds is 1. The fourth-order valence-electron chi connectivity index (χ4n) is 1.56. The molecule has 0 amide bonds. The maximum atomic E-state index is 8.68. The molecule has 1 aliphatic rings. The molecule has 66 valence electrons. The highest BCUT2D eigenvalue weighted by Gasteiger charge is 2.21. The molecule has 13 heavy (non-hydrogen) atoms. The lowest BCUT2D eigenvalue weighted by Gasteiger charge is -2.24. The number of aryl methyl sites for hydroxylation is 1. The van der Waals surface area contributed by atoms with Crippen molar-refractivity contribution >= 4 is 0 Å². The minimum atomic E-state index is 0.307. The van der Waals surface area contributed by atoms with E-state index in [2.05, 4.69) is 9.97 Å². The van der Waals surface area contributed by atoms with Gasteiger partial charge < -0.3 is 0 Å². The van der Waals surface area contributed by atoms with Crippen LogP contribution in [0, 0.1) is 18.3 Å². The van der Waals surface area contributed by atoms with Crippen LogP contribution in [-0.4, -0.2) is 9.97 Å². The predicted octanol–water partition coefficient (Wildman–Crippen LogP) is 1.92. The Kier molecular flexibility index (Phi) is 1.97. The van der Waals surface area contributed by atoms with Gasteiger partial charge in [0.25, 0.3) is 0 Å². The summed E-state index contributed by atoms with van der Waals surface area (Å²) in [5, 5.41) is 8.68. The first-order valence-electron chi connectivity index (χ1n) is 4.55. The van der Waals surface area contributed by atoms with Gasteiger partial charge in [-0.05, 0) is 25.8 Å². The van der Waals surface area contributed by atoms with Gasteiger partial charge in [0.2, 0.25) is 5.82 Å². The molecule has 2 rings (SSSR count). The summed E-state index contributed by atoms with van der Waals surface area (Å²) in [4.78, 5) is 8.22. The molecule has 1 aromatic heterocycles. The molecule has 3 nitrogen and oxygen atoms in total. The Bertz CT molecular complexity index is 361. The summed E-state index contributed by atoms with van der Waals surface area (Å²) in [6.45, 7) is 1.91. The summed E-state index contributed by atoms with van der Waals surface area (Å²) >= 11 is 0. The first-order valence-corrected chi connectivity index (χ1v) is 4.55. The van der Waals surface area contributed by atoms with Crippen LogP contribution in [0.15, 0.2) is 6.07 Å². The number of nitrogens with zero attached hydrogens (tertiary/aromatic N) is 3. The highest BCUT2D eigenvalue weighted by molar-refractivity contribution is 5.21. The molecule has 1 saturated carbocycles. The van der Waals surface area contributed by atoms with Crippen molar-refractivity contribution in [3.8, 4) is 6.07 Å². The maximum Gasteiger partial charge on any atom is 0.232 e. The van der Waals surface area contributed by atoms with E-state index in [4.69, 9.17) is 5.26 Å². The summed E-state index contributed by atoms with van der Waals surface area (Å²) in [6.07, 6.45) is 3.71. The molecular weight excluding hydrogens is 162 g/mol. The van der Waals surface area contributed by atoms with Gasteiger partial charge in [0.05, 0.1) is 0 Å². The third-order valence-electron chi connectivity index (χ3n) is 2.50. The summed E-state index contributed by atoms with van der Waals surface area (Å²) in [5.74, 6) is 0.885. The smallest absolute Gasteiger partial charge is 0.224 e. The molecule has 0 spiro atoms. The van der Waals surface area contributed by atoms with Gasteiger partial charge in [-0.2, -0.15) is 5.26 Å². The van der Waals surface area contributed by atoms with Crippen molar-refractivity contribution in [2.45, 2.75) is 32.1 Å². The number of aromatic nitrogens is 2. The van der Waals surface area contributed by atoms with Crippen LogP contribution in [0.25, 0.3) is 0 Å². The van der Waals surface area contributed by atoms with E-state index >= 15 is 0 Å². The van der Waals surface area contributed by atoms with E-state index in [0.29, 0.717) is 11.7 Å². The normalized spacial score (nSPS) is 16.3. The van der Waals surface area contributed by atoms with Crippen molar-refractivity contribution in [2.24, 2.45) is 0 Å². The number of nitriles is 1. The van der Waals surface area contributed by atoms with Crippen molar-refractivity contribution in [1.82, 2.24) is 9.97 Å². The van der Waals surface area contributed by atoms with E-state index in [1.807, 2.05) is 19.1 Å². The van der Waals surface area contributed by atoms with Crippen molar-refractivity contribution < 1.29 is 0 Å². The van der Waals surface area contributed by atoms with Gasteiger partial charge in [-0.15, -0.1) is 0 Å². The molecule has 1 aromatic rings. The van der Waals surface area contributed by atoms with Gasteiger partial charge in [-0.3, -0.25) is 0 Å². The fraction of sp³-hybridized carbons (Fsp3) is 0.500. The van der Waals surface area contributed by atoms with Crippen LogP contribution in [0.1, 0.15) is 42.4 Å². The first kappa shape index (κ1) is 8.18. The molecule has 0 atom stereocenters. The summed E-state index contributed by atoms with van der Waals surface area (Å²) in [5.41, 5.74) is 1.95. The predicted molar refractivity (Wildman–Crippen MR) is 48.1 cm³/mol. The first-order chi connectivity index (χ1) is 6.29. The van der Waals surface area contributed by atoms with Crippen LogP contribution in [0.3, 0.4) is 0 Å². The third kappa shape index (κ3) is 1.52. The summed E-state index contributed by atoms with van der Waals surface area (Å²) < 4.78 is 0. The lowest BCUT2D eigenvalue weighted by Crippen LogP contribution is -2.12. The van der Waals surface area contributed by atoms with Gasteiger partial charge in [-0.1, -0.05) is 6.42 Å². The van der Waals surface area contributed by atoms with Crippen LogP contribution in [0.2, 0.25) is 0 Å². The van der Waals surface area contributed by atoms with Crippen LogP contribution in [0.4, 0.5) is 0 Å². The van der Waals surface area contributed by atoms with Gasteiger partial charge in [0.15, 0.2) is 0 Å². The monoisotopic (exact) mass is 173 g/mol. The minimum Gasteiger partial charge on any atom is -0.224 e. The molecule has 0 unspecified atom stereocenters. The quantitative estimate of drug-likeness (QED) is 0.652. The van der Waals surface area contributed by atoms with Gasteiger partial charge >= 0.3 is 0 Å². The van der Waals surface area contributed by atoms with Crippen LogP contribution in [-0.2, 0) is 0 Å². The van der Waals surface area contributed by atoms with Crippen LogP contribution in [0.5, 0.6) is 0 Å². The second-order valence-electron chi connectivity index (χ2n) is 3.50. The van der Waals surface area contributed by atoms with Gasteiger partial charge in [-0.25, -0.2) is 9.97 Å². The highest BCUT2D eigenvalue weighted by atomic mass is 14.9. The second-order valence-corrected chi connectivity index (χ2v) is 3.50. The summed E-state index contributed by atoms with van der Waals surface area (Å²) in [7, 11) is 0. The Hall–Kier alpha value is -1.43. The maximum absolute atomic E-state index is 8.68. The largest absolute Gasteiger partial charge is 0.232 e. The van der Waals surface area contributed by atoms with E-state index < -0.39 is 0 Å². The Morgan fingerprint density at radius 1 is 1.46 bits per heavy atom. The summed E-state index contributed by atoms with van der Waals surface area (Å²) in [6, 6.07) is 3.98. The SMILES string of the molecule is Cc1cc(C2CCC2)nc(C#N)n1. The standard InChI is InChI=1S/C10H11N3/c1-7-5-9(8-3-2-4-8)13-10(6-11)12-7/h5,8H,2-4H2,1H3. The van der Waals surface area contributed by atoms with E-state index in [1.54, 1.807) is 0 Å². The molecule has 0 bridgehead atoms. The molecule has 0 saturated heterocycles. The Balaban J connectivity index is 2.35. The topological polar surface area (TPSA) is 49.6 Å². The zero-order chi connectivity index (χ0) is 9.26. The molecule has 0 aromatic carbocycles. The average molecular weight is 173 g/mol. The van der Waals surface area contributed by atoms with Crippen molar-refractivity contribution in [1.29, 1.82) is 5.26 Å². The van der Waals surface area contributed by atoms with E-state index in [-0.39, 0.29) is 0 Å². The third-order valence-corrected chi connectivity index (χ3v) is 2.50. The van der Waals surface area contributed by atoms with Crippen molar-refractivity contribution in [3.63, 3.8) is 0 Å². The molecule has 0 radical (unpaired) electrons. The number of hydrogen-bond acceptors (Lipinski definition) is 3. The lowest BCUT2D eigenvalue weighted by molar-refractivity contribution is 0.410.